The third kappa shape index (κ3) is 3.70. The number of hydrogen-bond acceptors (Lipinski definition) is 4. The topological polar surface area (TPSA) is 51.2 Å². The van der Waals surface area contributed by atoms with Gasteiger partial charge in [-0.3, -0.25) is 4.79 Å². The van der Waals surface area contributed by atoms with E-state index in [-0.39, 0.29) is 11.8 Å². The molecular weight excluding hydrogens is 272 g/mol. The van der Waals surface area contributed by atoms with Crippen LogP contribution < -0.4 is 10.1 Å². The zero-order valence-electron chi connectivity index (χ0n) is 12.1. The Morgan fingerprint density at radius 2 is 2.25 bits per heavy atom. The fourth-order valence-electron chi connectivity index (χ4n) is 1.63. The van der Waals surface area contributed by atoms with Crippen molar-refractivity contribution in [2.24, 2.45) is 5.92 Å². The van der Waals surface area contributed by atoms with Gasteiger partial charge in [0.15, 0.2) is 5.13 Å². The Labute approximate surface area is 123 Å². The highest BCUT2D eigenvalue weighted by Gasteiger charge is 2.11. The first-order valence-corrected chi connectivity index (χ1v) is 7.76. The van der Waals surface area contributed by atoms with Crippen molar-refractivity contribution in [3.8, 4) is 5.75 Å². The van der Waals surface area contributed by atoms with Gasteiger partial charge in [-0.15, -0.1) is 0 Å². The molecule has 0 radical (unpaired) electrons. The first-order chi connectivity index (χ1) is 9.60. The largest absolute Gasteiger partial charge is 0.494 e. The highest BCUT2D eigenvalue weighted by Crippen LogP contribution is 2.29. The molecule has 0 saturated carbocycles. The standard InChI is InChI=1S/C15H20N2O2S/c1-4-5-8-19-11-6-7-12-13(9-11)20-15(16-12)17-14(18)10(2)3/h6-7,9-10H,4-5,8H2,1-3H3,(H,16,17,18). The molecule has 1 amide bonds. The predicted molar refractivity (Wildman–Crippen MR) is 83.5 cm³/mol. The van der Waals surface area contributed by atoms with Gasteiger partial charge in [-0.1, -0.05) is 38.5 Å². The molecule has 5 heteroatoms. The number of hydrogen-bond donors (Lipinski definition) is 1. The van der Waals surface area contributed by atoms with Crippen LogP contribution in [0.25, 0.3) is 10.2 Å². The van der Waals surface area contributed by atoms with Gasteiger partial charge in [0.1, 0.15) is 5.75 Å². The molecule has 20 heavy (non-hydrogen) atoms. The van der Waals surface area contributed by atoms with E-state index in [2.05, 4.69) is 17.2 Å². The minimum atomic E-state index is -0.0463. The molecule has 2 aromatic rings. The maximum atomic E-state index is 11.7. The van der Waals surface area contributed by atoms with Gasteiger partial charge in [-0.25, -0.2) is 4.98 Å². The quantitative estimate of drug-likeness (QED) is 0.816. The summed E-state index contributed by atoms with van der Waals surface area (Å²) in [6.45, 7) is 6.60. The van der Waals surface area contributed by atoms with Gasteiger partial charge in [-0.2, -0.15) is 0 Å². The molecule has 0 aliphatic heterocycles. The zero-order valence-corrected chi connectivity index (χ0v) is 12.9. The number of benzene rings is 1. The highest BCUT2D eigenvalue weighted by atomic mass is 32.1. The lowest BCUT2D eigenvalue weighted by Gasteiger charge is -2.04. The molecule has 0 unspecified atom stereocenters. The number of rotatable bonds is 6. The van der Waals surface area contributed by atoms with Crippen LogP contribution in [0.15, 0.2) is 18.2 Å². The molecule has 0 saturated heterocycles. The molecule has 1 heterocycles. The molecule has 0 aliphatic rings. The van der Waals surface area contributed by atoms with E-state index in [9.17, 15) is 4.79 Å². The van der Waals surface area contributed by atoms with Crippen molar-refractivity contribution < 1.29 is 9.53 Å². The molecule has 108 valence electrons. The third-order valence-electron chi connectivity index (χ3n) is 2.88. The number of carbonyl (C=O) groups excluding carboxylic acids is 1. The smallest absolute Gasteiger partial charge is 0.228 e. The lowest BCUT2D eigenvalue weighted by atomic mass is 10.2. The van der Waals surface area contributed by atoms with Gasteiger partial charge in [0.25, 0.3) is 0 Å². The number of ether oxygens (including phenoxy) is 1. The summed E-state index contributed by atoms with van der Waals surface area (Å²) >= 11 is 1.47. The monoisotopic (exact) mass is 292 g/mol. The van der Waals surface area contributed by atoms with E-state index in [4.69, 9.17) is 4.74 Å². The number of unbranched alkanes of at least 4 members (excludes halogenated alkanes) is 1. The van der Waals surface area contributed by atoms with Crippen molar-refractivity contribution in [1.29, 1.82) is 0 Å². The molecule has 0 fully saturated rings. The van der Waals surface area contributed by atoms with Gasteiger partial charge in [0, 0.05) is 5.92 Å². The second-order valence-electron chi connectivity index (χ2n) is 4.99. The van der Waals surface area contributed by atoms with Gasteiger partial charge < -0.3 is 10.1 Å². The van der Waals surface area contributed by atoms with E-state index in [1.165, 1.54) is 11.3 Å². The maximum absolute atomic E-state index is 11.7. The van der Waals surface area contributed by atoms with Crippen LogP contribution in [0.5, 0.6) is 5.75 Å². The van der Waals surface area contributed by atoms with Crippen LogP contribution in [0.2, 0.25) is 0 Å². The molecular formula is C15H20N2O2S. The molecule has 0 bridgehead atoms. The summed E-state index contributed by atoms with van der Waals surface area (Å²) in [5, 5.41) is 3.47. The predicted octanol–water partition coefficient (Wildman–Crippen LogP) is 4.07. The molecule has 0 atom stereocenters. The average molecular weight is 292 g/mol. The van der Waals surface area contributed by atoms with Crippen LogP contribution in [0.3, 0.4) is 0 Å². The van der Waals surface area contributed by atoms with Crippen LogP contribution in [-0.4, -0.2) is 17.5 Å². The van der Waals surface area contributed by atoms with Crippen molar-refractivity contribution in [2.45, 2.75) is 33.6 Å². The number of nitrogens with one attached hydrogen (secondary N) is 1. The first kappa shape index (κ1) is 14.8. The van der Waals surface area contributed by atoms with E-state index in [0.29, 0.717) is 5.13 Å². The second kappa shape index (κ2) is 6.70. The summed E-state index contributed by atoms with van der Waals surface area (Å²) in [5.41, 5.74) is 0.886. The van der Waals surface area contributed by atoms with Crippen molar-refractivity contribution in [1.82, 2.24) is 4.98 Å². The van der Waals surface area contributed by atoms with E-state index >= 15 is 0 Å². The van der Waals surface area contributed by atoms with Crippen molar-refractivity contribution in [3.63, 3.8) is 0 Å². The lowest BCUT2D eigenvalue weighted by molar-refractivity contribution is -0.118. The van der Waals surface area contributed by atoms with E-state index in [1.54, 1.807) is 0 Å². The number of anilines is 1. The van der Waals surface area contributed by atoms with Crippen molar-refractivity contribution in [3.05, 3.63) is 18.2 Å². The minimum Gasteiger partial charge on any atom is -0.494 e. The van der Waals surface area contributed by atoms with Crippen LogP contribution in [0, 0.1) is 5.92 Å². The normalized spacial score (nSPS) is 11.0. The highest BCUT2D eigenvalue weighted by molar-refractivity contribution is 7.22. The summed E-state index contributed by atoms with van der Waals surface area (Å²) in [7, 11) is 0. The van der Waals surface area contributed by atoms with Gasteiger partial charge in [0.2, 0.25) is 5.91 Å². The van der Waals surface area contributed by atoms with E-state index in [0.717, 1.165) is 35.4 Å². The maximum Gasteiger partial charge on any atom is 0.228 e. The number of carbonyl (C=O) groups is 1. The summed E-state index contributed by atoms with van der Waals surface area (Å²) < 4.78 is 6.70. The number of thiazole rings is 1. The molecule has 1 aromatic heterocycles. The van der Waals surface area contributed by atoms with Gasteiger partial charge in [0.05, 0.1) is 16.8 Å². The molecule has 0 spiro atoms. The van der Waals surface area contributed by atoms with E-state index in [1.807, 2.05) is 32.0 Å². The summed E-state index contributed by atoms with van der Waals surface area (Å²) in [6, 6.07) is 5.83. The number of amides is 1. The lowest BCUT2D eigenvalue weighted by Crippen LogP contribution is -2.17. The third-order valence-corrected chi connectivity index (χ3v) is 3.81. The minimum absolute atomic E-state index is 0.0107. The van der Waals surface area contributed by atoms with Crippen molar-refractivity contribution >= 4 is 32.6 Å². The zero-order chi connectivity index (χ0) is 14.5. The molecule has 2 rings (SSSR count). The number of aromatic nitrogens is 1. The van der Waals surface area contributed by atoms with Crippen LogP contribution in [0.1, 0.15) is 33.6 Å². The molecule has 1 N–H and O–H groups in total. The van der Waals surface area contributed by atoms with Crippen LogP contribution in [0.4, 0.5) is 5.13 Å². The van der Waals surface area contributed by atoms with Gasteiger partial charge >= 0.3 is 0 Å². The van der Waals surface area contributed by atoms with Crippen LogP contribution in [-0.2, 0) is 4.79 Å². The Morgan fingerprint density at radius 1 is 1.45 bits per heavy atom. The second-order valence-corrected chi connectivity index (χ2v) is 6.03. The Hall–Kier alpha value is -1.62. The van der Waals surface area contributed by atoms with Crippen molar-refractivity contribution in [2.75, 3.05) is 11.9 Å². The summed E-state index contributed by atoms with van der Waals surface area (Å²) in [6.07, 6.45) is 2.17. The summed E-state index contributed by atoms with van der Waals surface area (Å²) in [5.74, 6) is 0.801. The van der Waals surface area contributed by atoms with Gasteiger partial charge in [-0.05, 0) is 24.6 Å². The molecule has 4 nitrogen and oxygen atoms in total. The Balaban J connectivity index is 2.11. The fourth-order valence-corrected chi connectivity index (χ4v) is 2.53. The Kier molecular flexibility index (Phi) is 4.95. The first-order valence-electron chi connectivity index (χ1n) is 6.94. The number of nitrogens with zero attached hydrogens (tertiary/aromatic N) is 1. The molecule has 1 aromatic carbocycles. The molecule has 0 aliphatic carbocycles. The SMILES string of the molecule is CCCCOc1ccc2nc(NC(=O)C(C)C)sc2c1. The Bertz CT molecular complexity index is 593. The van der Waals surface area contributed by atoms with E-state index < -0.39 is 0 Å². The number of fused-ring (bicyclic) bond motifs is 1. The fraction of sp³-hybridized carbons (Fsp3) is 0.467. The summed E-state index contributed by atoms with van der Waals surface area (Å²) in [4.78, 5) is 16.1. The average Bonchev–Trinajstić information content (AvgIpc) is 2.80. The van der Waals surface area contributed by atoms with Crippen LogP contribution >= 0.6 is 11.3 Å². The Morgan fingerprint density at radius 3 is 2.95 bits per heavy atom.